The first-order chi connectivity index (χ1) is 7.16. The predicted molar refractivity (Wildman–Crippen MR) is 56.7 cm³/mol. The van der Waals surface area contributed by atoms with Gasteiger partial charge in [0.1, 0.15) is 0 Å². The molecule has 0 unspecified atom stereocenters. The molecule has 0 amide bonds. The Bertz CT molecular complexity index is 372. The van der Waals surface area contributed by atoms with Gasteiger partial charge in [0.05, 0.1) is 12.2 Å². The molecule has 0 radical (unpaired) electrons. The quantitative estimate of drug-likeness (QED) is 0.422. The Morgan fingerprint density at radius 3 is 2.93 bits per heavy atom. The summed E-state index contributed by atoms with van der Waals surface area (Å²) in [6.45, 7) is 5.24. The van der Waals surface area contributed by atoms with Crippen molar-refractivity contribution in [2.24, 2.45) is 0 Å². The van der Waals surface area contributed by atoms with Gasteiger partial charge in [-0.2, -0.15) is 0 Å². The molecule has 3 heteroatoms. The number of hydrogen-bond acceptors (Lipinski definition) is 2. The van der Waals surface area contributed by atoms with Crippen LogP contribution in [0.25, 0.3) is 0 Å². The molecule has 0 atom stereocenters. The maximum atomic E-state index is 13.3. The van der Waals surface area contributed by atoms with Crippen molar-refractivity contribution in [2.75, 3.05) is 6.61 Å². The molecule has 0 aromatic heterocycles. The zero-order valence-electron chi connectivity index (χ0n) is 8.63. The summed E-state index contributed by atoms with van der Waals surface area (Å²) in [6.07, 6.45) is 2.29. The zero-order valence-corrected chi connectivity index (χ0v) is 8.63. The number of benzene rings is 1. The molecule has 0 fully saturated rings. The lowest BCUT2D eigenvalue weighted by atomic mass is 10.1. The molecule has 0 bridgehead atoms. The van der Waals surface area contributed by atoms with Crippen molar-refractivity contribution in [3.63, 3.8) is 0 Å². The number of hydrogen-bond donors (Lipinski definition) is 0. The number of rotatable bonds is 5. The molecule has 2 nitrogen and oxygen atoms in total. The molecule has 1 aromatic carbocycles. The molecule has 0 spiro atoms. The smallest absolute Gasteiger partial charge is 0.165 e. The summed E-state index contributed by atoms with van der Waals surface area (Å²) in [5.74, 6) is -0.679. The van der Waals surface area contributed by atoms with Gasteiger partial charge in [-0.15, -0.1) is 6.58 Å². The minimum Gasteiger partial charge on any atom is -0.489 e. The predicted octanol–water partition coefficient (Wildman–Crippen LogP) is 2.98. The van der Waals surface area contributed by atoms with Crippen molar-refractivity contribution in [1.82, 2.24) is 0 Å². The van der Waals surface area contributed by atoms with E-state index in [-0.39, 0.29) is 17.1 Å². The average Bonchev–Trinajstić information content (AvgIpc) is 2.20. The zero-order chi connectivity index (χ0) is 11.3. The lowest BCUT2D eigenvalue weighted by Crippen LogP contribution is -2.04. The van der Waals surface area contributed by atoms with E-state index in [2.05, 4.69) is 6.58 Å². The van der Waals surface area contributed by atoms with E-state index in [0.29, 0.717) is 13.0 Å². The number of ketones is 1. The first-order valence-electron chi connectivity index (χ1n) is 4.70. The van der Waals surface area contributed by atoms with E-state index in [0.717, 1.165) is 0 Å². The van der Waals surface area contributed by atoms with Gasteiger partial charge in [-0.05, 0) is 25.5 Å². The standard InChI is InChI=1S/C12H13FO2/c1-3-4-8-15-12-10(9(2)14)6-5-7-11(12)13/h3,5-7H,1,4,8H2,2H3. The van der Waals surface area contributed by atoms with Gasteiger partial charge >= 0.3 is 0 Å². The molecular weight excluding hydrogens is 195 g/mol. The van der Waals surface area contributed by atoms with E-state index >= 15 is 0 Å². The fourth-order valence-corrected chi connectivity index (χ4v) is 1.18. The summed E-state index contributed by atoms with van der Waals surface area (Å²) < 4.78 is 18.5. The molecule has 0 N–H and O–H groups in total. The molecular formula is C12H13FO2. The molecule has 15 heavy (non-hydrogen) atoms. The summed E-state index contributed by atoms with van der Waals surface area (Å²) in [5.41, 5.74) is 0.277. The van der Waals surface area contributed by atoms with Crippen molar-refractivity contribution in [1.29, 1.82) is 0 Å². The second-order valence-electron chi connectivity index (χ2n) is 3.10. The van der Waals surface area contributed by atoms with Gasteiger partial charge in [0, 0.05) is 0 Å². The Labute approximate surface area is 88.4 Å². The first kappa shape index (κ1) is 11.4. The highest BCUT2D eigenvalue weighted by Crippen LogP contribution is 2.23. The minimum absolute atomic E-state index is 0.0341. The molecule has 0 saturated heterocycles. The van der Waals surface area contributed by atoms with Gasteiger partial charge in [-0.25, -0.2) is 4.39 Å². The topological polar surface area (TPSA) is 26.3 Å². The van der Waals surface area contributed by atoms with Gasteiger partial charge in [0.15, 0.2) is 17.3 Å². The van der Waals surface area contributed by atoms with E-state index in [4.69, 9.17) is 4.74 Å². The van der Waals surface area contributed by atoms with Crippen molar-refractivity contribution in [3.05, 3.63) is 42.2 Å². The third kappa shape index (κ3) is 2.91. The van der Waals surface area contributed by atoms with Gasteiger partial charge in [-0.1, -0.05) is 12.1 Å². The van der Waals surface area contributed by atoms with Gasteiger partial charge in [0.25, 0.3) is 0 Å². The van der Waals surface area contributed by atoms with Crippen LogP contribution in [0.1, 0.15) is 23.7 Å². The first-order valence-corrected chi connectivity index (χ1v) is 4.70. The third-order valence-corrected chi connectivity index (χ3v) is 1.91. The largest absolute Gasteiger partial charge is 0.489 e. The molecule has 0 saturated carbocycles. The van der Waals surface area contributed by atoms with Crippen LogP contribution in [0.15, 0.2) is 30.9 Å². The summed E-state index contributed by atoms with van der Waals surface area (Å²) in [6, 6.07) is 4.32. The van der Waals surface area contributed by atoms with Crippen LogP contribution in [0.5, 0.6) is 5.75 Å². The second kappa shape index (κ2) is 5.29. The molecule has 80 valence electrons. The van der Waals surface area contributed by atoms with Crippen LogP contribution >= 0.6 is 0 Å². The van der Waals surface area contributed by atoms with Gasteiger partial charge in [0.2, 0.25) is 0 Å². The number of carbonyl (C=O) groups excluding carboxylic acids is 1. The Morgan fingerprint density at radius 2 is 2.33 bits per heavy atom. The number of Topliss-reactive ketones (excluding diaryl/α,β-unsaturated/α-hetero) is 1. The van der Waals surface area contributed by atoms with E-state index in [1.165, 1.54) is 19.1 Å². The molecule has 0 heterocycles. The molecule has 0 aliphatic rings. The summed E-state index contributed by atoms with van der Waals surface area (Å²) in [5, 5.41) is 0. The van der Waals surface area contributed by atoms with Crippen molar-refractivity contribution >= 4 is 5.78 Å². The van der Waals surface area contributed by atoms with Gasteiger partial charge < -0.3 is 4.74 Å². The van der Waals surface area contributed by atoms with Crippen molar-refractivity contribution in [2.45, 2.75) is 13.3 Å². The van der Waals surface area contributed by atoms with E-state index in [1.54, 1.807) is 12.1 Å². The fraction of sp³-hybridized carbons (Fsp3) is 0.250. The van der Waals surface area contributed by atoms with Crippen molar-refractivity contribution < 1.29 is 13.9 Å². The number of ether oxygens (including phenoxy) is 1. The summed E-state index contributed by atoms with van der Waals surface area (Å²) in [4.78, 5) is 11.2. The normalized spacial score (nSPS) is 9.73. The second-order valence-corrected chi connectivity index (χ2v) is 3.10. The SMILES string of the molecule is C=CCCOc1c(F)cccc1C(C)=O. The highest BCUT2D eigenvalue weighted by Gasteiger charge is 2.12. The van der Waals surface area contributed by atoms with Gasteiger partial charge in [-0.3, -0.25) is 4.79 Å². The van der Waals surface area contributed by atoms with Crippen LogP contribution in [-0.4, -0.2) is 12.4 Å². The fourth-order valence-electron chi connectivity index (χ4n) is 1.18. The van der Waals surface area contributed by atoms with Crippen LogP contribution < -0.4 is 4.74 Å². The lowest BCUT2D eigenvalue weighted by Gasteiger charge is -2.09. The Morgan fingerprint density at radius 1 is 1.60 bits per heavy atom. The Balaban J connectivity index is 2.92. The molecule has 0 aliphatic heterocycles. The highest BCUT2D eigenvalue weighted by atomic mass is 19.1. The lowest BCUT2D eigenvalue weighted by molar-refractivity contribution is 0.101. The Kier molecular flexibility index (Phi) is 4.03. The van der Waals surface area contributed by atoms with Crippen LogP contribution in [0, 0.1) is 5.82 Å². The maximum absolute atomic E-state index is 13.3. The van der Waals surface area contributed by atoms with Crippen LogP contribution in [0.4, 0.5) is 4.39 Å². The summed E-state index contributed by atoms with van der Waals surface area (Å²) in [7, 11) is 0. The molecule has 0 aliphatic carbocycles. The number of para-hydroxylation sites is 1. The number of halogens is 1. The molecule has 1 aromatic rings. The van der Waals surface area contributed by atoms with Crippen molar-refractivity contribution in [3.8, 4) is 5.75 Å². The molecule has 1 rings (SSSR count). The summed E-state index contributed by atoms with van der Waals surface area (Å²) >= 11 is 0. The monoisotopic (exact) mass is 208 g/mol. The minimum atomic E-state index is -0.508. The van der Waals surface area contributed by atoms with E-state index in [9.17, 15) is 9.18 Å². The van der Waals surface area contributed by atoms with Crippen LogP contribution in [0.2, 0.25) is 0 Å². The third-order valence-electron chi connectivity index (χ3n) is 1.91. The highest BCUT2D eigenvalue weighted by molar-refractivity contribution is 5.96. The van der Waals surface area contributed by atoms with Crippen LogP contribution in [-0.2, 0) is 0 Å². The van der Waals surface area contributed by atoms with E-state index < -0.39 is 5.82 Å². The number of carbonyl (C=O) groups is 1. The Hall–Kier alpha value is -1.64. The van der Waals surface area contributed by atoms with Crippen LogP contribution in [0.3, 0.4) is 0 Å². The van der Waals surface area contributed by atoms with E-state index in [1.807, 2.05) is 0 Å². The maximum Gasteiger partial charge on any atom is 0.165 e. The average molecular weight is 208 g/mol.